The lowest BCUT2D eigenvalue weighted by Crippen LogP contribution is -2.42. The van der Waals surface area contributed by atoms with Crippen LogP contribution in [0.15, 0.2) is 0 Å². The number of hydrogen-bond acceptors (Lipinski definition) is 1. The van der Waals surface area contributed by atoms with E-state index in [1.165, 1.54) is 25.7 Å². The minimum atomic E-state index is 0.429. The highest BCUT2D eigenvalue weighted by atomic mass is 14.9. The Balaban J connectivity index is 4.38. The lowest BCUT2D eigenvalue weighted by Gasteiger charge is -2.36. The molecule has 0 aliphatic heterocycles. The highest BCUT2D eigenvalue weighted by Crippen LogP contribution is 2.30. The molecule has 0 fully saturated rings. The zero-order chi connectivity index (χ0) is 11.9. The summed E-state index contributed by atoms with van der Waals surface area (Å²) in [4.78, 5) is 0. The van der Waals surface area contributed by atoms with E-state index in [-0.39, 0.29) is 0 Å². The fourth-order valence-corrected chi connectivity index (χ4v) is 2.13. The molecule has 0 amide bonds. The van der Waals surface area contributed by atoms with E-state index in [0.29, 0.717) is 11.5 Å². The van der Waals surface area contributed by atoms with E-state index < -0.39 is 0 Å². The van der Waals surface area contributed by atoms with Crippen molar-refractivity contribution in [2.24, 2.45) is 11.3 Å². The molecule has 0 spiro atoms. The van der Waals surface area contributed by atoms with Gasteiger partial charge in [-0.05, 0) is 30.7 Å². The third-order valence-corrected chi connectivity index (χ3v) is 4.03. The SMILES string of the molecule is CCNC(CC(CC)CC)C(C)(C)CC. The number of hydrogen-bond donors (Lipinski definition) is 1. The molecule has 1 N–H and O–H groups in total. The molecule has 0 radical (unpaired) electrons. The third kappa shape index (κ3) is 5.01. The topological polar surface area (TPSA) is 12.0 Å². The molecule has 0 aromatic rings. The molecular weight excluding hydrogens is 182 g/mol. The maximum absolute atomic E-state index is 3.67. The first-order chi connectivity index (χ1) is 7.01. The fourth-order valence-electron chi connectivity index (χ4n) is 2.13. The number of nitrogens with one attached hydrogen (secondary N) is 1. The molecule has 0 heterocycles. The van der Waals surface area contributed by atoms with Gasteiger partial charge in [0.15, 0.2) is 0 Å². The maximum atomic E-state index is 3.67. The van der Waals surface area contributed by atoms with E-state index in [0.717, 1.165) is 12.5 Å². The molecule has 1 unspecified atom stereocenters. The summed E-state index contributed by atoms with van der Waals surface area (Å²) in [7, 11) is 0. The number of rotatable bonds is 8. The van der Waals surface area contributed by atoms with E-state index in [1.807, 2.05) is 0 Å². The van der Waals surface area contributed by atoms with Crippen molar-refractivity contribution in [2.75, 3.05) is 6.54 Å². The van der Waals surface area contributed by atoms with Crippen molar-refractivity contribution >= 4 is 0 Å². The smallest absolute Gasteiger partial charge is 0.0121 e. The van der Waals surface area contributed by atoms with Crippen LogP contribution in [0.3, 0.4) is 0 Å². The molecule has 0 aromatic carbocycles. The molecule has 92 valence electrons. The normalized spacial score (nSPS) is 14.6. The van der Waals surface area contributed by atoms with Gasteiger partial charge in [0.25, 0.3) is 0 Å². The zero-order valence-electron chi connectivity index (χ0n) is 11.7. The quantitative estimate of drug-likeness (QED) is 0.636. The van der Waals surface area contributed by atoms with Crippen LogP contribution in [0.2, 0.25) is 0 Å². The van der Waals surface area contributed by atoms with Crippen molar-refractivity contribution in [1.29, 1.82) is 0 Å². The van der Waals surface area contributed by atoms with Crippen LogP contribution in [-0.2, 0) is 0 Å². The van der Waals surface area contributed by atoms with Crippen LogP contribution in [0, 0.1) is 11.3 Å². The Bertz CT molecular complexity index is 147. The van der Waals surface area contributed by atoms with Gasteiger partial charge in [0.1, 0.15) is 0 Å². The fraction of sp³-hybridized carbons (Fsp3) is 1.00. The molecule has 15 heavy (non-hydrogen) atoms. The van der Waals surface area contributed by atoms with Gasteiger partial charge in [0.05, 0.1) is 0 Å². The van der Waals surface area contributed by atoms with Crippen molar-refractivity contribution in [3.63, 3.8) is 0 Å². The zero-order valence-corrected chi connectivity index (χ0v) is 11.7. The Morgan fingerprint density at radius 3 is 1.87 bits per heavy atom. The Hall–Kier alpha value is -0.0400. The van der Waals surface area contributed by atoms with Gasteiger partial charge in [-0.25, -0.2) is 0 Å². The van der Waals surface area contributed by atoms with Crippen molar-refractivity contribution in [3.8, 4) is 0 Å². The molecule has 0 aliphatic carbocycles. The van der Waals surface area contributed by atoms with E-state index in [9.17, 15) is 0 Å². The summed E-state index contributed by atoms with van der Waals surface area (Å²) in [5.41, 5.74) is 0.429. The van der Waals surface area contributed by atoms with E-state index in [4.69, 9.17) is 0 Å². The Kier molecular flexibility index (Phi) is 7.25. The van der Waals surface area contributed by atoms with Crippen molar-refractivity contribution in [3.05, 3.63) is 0 Å². The first kappa shape index (κ1) is 15.0. The van der Waals surface area contributed by atoms with Gasteiger partial charge < -0.3 is 5.32 Å². The standard InChI is InChI=1S/C14H31N/c1-7-12(8-2)11-13(15-10-4)14(5,6)9-3/h12-13,15H,7-11H2,1-6H3. The molecule has 0 aromatic heterocycles. The highest BCUT2D eigenvalue weighted by Gasteiger charge is 2.28. The second kappa shape index (κ2) is 7.27. The largest absolute Gasteiger partial charge is 0.314 e. The molecule has 0 aliphatic rings. The van der Waals surface area contributed by atoms with E-state index in [1.54, 1.807) is 0 Å². The Labute approximate surface area is 97.0 Å². The van der Waals surface area contributed by atoms with Crippen molar-refractivity contribution in [2.45, 2.75) is 73.3 Å². The summed E-state index contributed by atoms with van der Waals surface area (Å²) in [5.74, 6) is 0.889. The van der Waals surface area contributed by atoms with Crippen molar-refractivity contribution in [1.82, 2.24) is 5.32 Å². The summed E-state index contributed by atoms with van der Waals surface area (Å²) < 4.78 is 0. The van der Waals surface area contributed by atoms with Gasteiger partial charge in [0.2, 0.25) is 0 Å². The summed E-state index contributed by atoms with van der Waals surface area (Å²) in [6.07, 6.45) is 5.23. The van der Waals surface area contributed by atoms with Crippen molar-refractivity contribution < 1.29 is 0 Å². The Morgan fingerprint density at radius 1 is 1.00 bits per heavy atom. The minimum absolute atomic E-state index is 0.429. The lowest BCUT2D eigenvalue weighted by molar-refractivity contribution is 0.195. The van der Waals surface area contributed by atoms with Gasteiger partial charge in [-0.1, -0.05) is 54.4 Å². The second-order valence-electron chi connectivity index (χ2n) is 5.37. The highest BCUT2D eigenvalue weighted by molar-refractivity contribution is 4.84. The van der Waals surface area contributed by atoms with Gasteiger partial charge in [-0.15, -0.1) is 0 Å². The average molecular weight is 213 g/mol. The van der Waals surface area contributed by atoms with Crippen LogP contribution < -0.4 is 5.32 Å². The van der Waals surface area contributed by atoms with Crippen LogP contribution in [0.4, 0.5) is 0 Å². The van der Waals surface area contributed by atoms with Crippen LogP contribution in [0.5, 0.6) is 0 Å². The van der Waals surface area contributed by atoms with E-state index >= 15 is 0 Å². The molecule has 0 saturated heterocycles. The molecular formula is C14H31N. The third-order valence-electron chi connectivity index (χ3n) is 4.03. The first-order valence-corrected chi connectivity index (χ1v) is 6.75. The predicted octanol–water partition coefficient (Wildman–Crippen LogP) is 4.23. The molecule has 0 bridgehead atoms. The molecule has 1 atom stereocenters. The second-order valence-corrected chi connectivity index (χ2v) is 5.37. The summed E-state index contributed by atoms with van der Waals surface area (Å²) in [5, 5.41) is 3.67. The van der Waals surface area contributed by atoms with Gasteiger partial charge in [0, 0.05) is 6.04 Å². The molecule has 1 nitrogen and oxygen atoms in total. The predicted molar refractivity (Wildman–Crippen MR) is 70.2 cm³/mol. The summed E-state index contributed by atoms with van der Waals surface area (Å²) in [6, 6.07) is 0.678. The average Bonchev–Trinajstić information content (AvgIpc) is 2.24. The van der Waals surface area contributed by atoms with E-state index in [2.05, 4.69) is 46.9 Å². The summed E-state index contributed by atoms with van der Waals surface area (Å²) in [6.45, 7) is 15.0. The van der Waals surface area contributed by atoms with Gasteiger partial charge in [-0.3, -0.25) is 0 Å². The minimum Gasteiger partial charge on any atom is -0.314 e. The van der Waals surface area contributed by atoms with Crippen LogP contribution >= 0.6 is 0 Å². The van der Waals surface area contributed by atoms with Crippen LogP contribution in [-0.4, -0.2) is 12.6 Å². The lowest BCUT2D eigenvalue weighted by atomic mass is 9.76. The Morgan fingerprint density at radius 2 is 1.53 bits per heavy atom. The van der Waals surface area contributed by atoms with Gasteiger partial charge >= 0.3 is 0 Å². The maximum Gasteiger partial charge on any atom is 0.0121 e. The summed E-state index contributed by atoms with van der Waals surface area (Å²) >= 11 is 0. The molecule has 0 saturated carbocycles. The van der Waals surface area contributed by atoms with Crippen LogP contribution in [0.25, 0.3) is 0 Å². The monoisotopic (exact) mass is 213 g/mol. The first-order valence-electron chi connectivity index (χ1n) is 6.75. The molecule has 1 heteroatoms. The molecule has 0 rings (SSSR count). The van der Waals surface area contributed by atoms with Crippen LogP contribution in [0.1, 0.15) is 67.2 Å². The van der Waals surface area contributed by atoms with Gasteiger partial charge in [-0.2, -0.15) is 0 Å².